The van der Waals surface area contributed by atoms with Crippen molar-refractivity contribution >= 4 is 23.2 Å². The number of carbonyl (C=O) groups excluding carboxylic acids is 1. The number of fused-ring (bicyclic) bond motifs is 1. The van der Waals surface area contributed by atoms with Crippen molar-refractivity contribution in [1.82, 2.24) is 0 Å². The van der Waals surface area contributed by atoms with Gasteiger partial charge in [-0.2, -0.15) is 0 Å². The predicted molar refractivity (Wildman–Crippen MR) is 76.8 cm³/mol. The van der Waals surface area contributed by atoms with E-state index in [-0.39, 0.29) is 5.91 Å². The van der Waals surface area contributed by atoms with Crippen LogP contribution in [-0.4, -0.2) is 19.1 Å². The van der Waals surface area contributed by atoms with Crippen molar-refractivity contribution in [3.63, 3.8) is 0 Å². The summed E-state index contributed by atoms with van der Waals surface area (Å²) in [5.41, 5.74) is 0.748. The Bertz CT molecular complexity index is 688. The van der Waals surface area contributed by atoms with Crippen LogP contribution in [0.5, 0.6) is 11.5 Å². The third kappa shape index (κ3) is 2.92. The fourth-order valence-corrected chi connectivity index (χ4v) is 2.16. The Morgan fingerprint density at radius 3 is 2.38 bits per heavy atom. The number of hydrogen-bond donors (Lipinski definition) is 1. The van der Waals surface area contributed by atoms with Crippen LogP contribution in [0.3, 0.4) is 0 Å². The number of rotatable bonds is 2. The van der Waals surface area contributed by atoms with Crippen LogP contribution in [0.2, 0.25) is 5.02 Å². The first-order valence-corrected chi connectivity index (χ1v) is 6.67. The van der Waals surface area contributed by atoms with E-state index in [1.807, 2.05) is 0 Å². The van der Waals surface area contributed by atoms with Gasteiger partial charge in [0, 0.05) is 17.7 Å². The summed E-state index contributed by atoms with van der Waals surface area (Å²) in [5, 5.41) is 3.01. The van der Waals surface area contributed by atoms with Gasteiger partial charge in [0.1, 0.15) is 19.0 Å². The zero-order valence-electron chi connectivity index (χ0n) is 10.9. The first kappa shape index (κ1) is 13.7. The van der Waals surface area contributed by atoms with Crippen LogP contribution >= 0.6 is 11.6 Å². The van der Waals surface area contributed by atoms with Crippen molar-refractivity contribution in [1.29, 1.82) is 0 Å². The highest BCUT2D eigenvalue weighted by molar-refractivity contribution is 6.34. The topological polar surface area (TPSA) is 47.6 Å². The lowest BCUT2D eigenvalue weighted by Crippen LogP contribution is -2.17. The SMILES string of the molecule is O=C(Nc1cc2c(cc1Cl)OCCO2)c1ccc(F)cc1. The molecule has 3 rings (SSSR count). The van der Waals surface area contributed by atoms with Crippen LogP contribution in [0.1, 0.15) is 10.4 Å². The molecule has 0 radical (unpaired) electrons. The molecule has 1 N–H and O–H groups in total. The monoisotopic (exact) mass is 307 g/mol. The number of benzene rings is 2. The van der Waals surface area contributed by atoms with Crippen molar-refractivity contribution in [2.75, 3.05) is 18.5 Å². The van der Waals surface area contributed by atoms with Gasteiger partial charge in [0.2, 0.25) is 0 Å². The Labute approximate surface area is 125 Å². The van der Waals surface area contributed by atoms with Crippen LogP contribution in [0.25, 0.3) is 0 Å². The molecule has 0 atom stereocenters. The molecule has 0 unspecified atom stereocenters. The molecule has 6 heteroatoms. The van der Waals surface area contributed by atoms with Gasteiger partial charge in [0.25, 0.3) is 5.91 Å². The van der Waals surface area contributed by atoms with Gasteiger partial charge >= 0.3 is 0 Å². The number of ether oxygens (including phenoxy) is 2. The average molecular weight is 308 g/mol. The Morgan fingerprint density at radius 1 is 1.10 bits per heavy atom. The standard InChI is InChI=1S/C15H11ClFNO3/c16-11-7-13-14(21-6-5-20-13)8-12(11)18-15(19)9-1-3-10(17)4-2-9/h1-4,7-8H,5-6H2,(H,18,19). The Kier molecular flexibility index (Phi) is 3.66. The molecule has 2 aromatic carbocycles. The lowest BCUT2D eigenvalue weighted by atomic mass is 10.2. The minimum atomic E-state index is -0.399. The maximum absolute atomic E-state index is 12.8. The van der Waals surface area contributed by atoms with Crippen molar-refractivity contribution in [2.45, 2.75) is 0 Å². The molecule has 0 saturated heterocycles. The van der Waals surface area contributed by atoms with Gasteiger partial charge in [-0.1, -0.05) is 11.6 Å². The minimum absolute atomic E-state index is 0.336. The molecular formula is C15H11ClFNO3. The Hall–Kier alpha value is -2.27. The molecule has 0 bridgehead atoms. The van der Waals surface area contributed by atoms with Crippen molar-refractivity contribution in [3.8, 4) is 11.5 Å². The molecule has 0 spiro atoms. The zero-order chi connectivity index (χ0) is 14.8. The summed E-state index contributed by atoms with van der Waals surface area (Å²) in [6.07, 6.45) is 0. The van der Waals surface area contributed by atoms with E-state index >= 15 is 0 Å². The molecule has 0 aliphatic carbocycles. The van der Waals surface area contributed by atoms with Gasteiger partial charge in [-0.25, -0.2) is 4.39 Å². The van der Waals surface area contributed by atoms with E-state index in [0.717, 1.165) is 0 Å². The minimum Gasteiger partial charge on any atom is -0.486 e. The first-order valence-electron chi connectivity index (χ1n) is 6.29. The van der Waals surface area contributed by atoms with Crippen LogP contribution in [0, 0.1) is 5.82 Å². The molecule has 0 aromatic heterocycles. The lowest BCUT2D eigenvalue weighted by molar-refractivity contribution is 0.102. The second-order valence-electron chi connectivity index (χ2n) is 4.44. The van der Waals surface area contributed by atoms with Crippen LogP contribution in [0.15, 0.2) is 36.4 Å². The summed E-state index contributed by atoms with van der Waals surface area (Å²) < 4.78 is 23.7. The molecule has 0 fully saturated rings. The van der Waals surface area contributed by atoms with Crippen molar-refractivity contribution < 1.29 is 18.7 Å². The molecule has 108 valence electrons. The Balaban J connectivity index is 1.84. The van der Waals surface area contributed by atoms with Gasteiger partial charge in [0.05, 0.1) is 10.7 Å². The van der Waals surface area contributed by atoms with Crippen LogP contribution < -0.4 is 14.8 Å². The van der Waals surface area contributed by atoms with Gasteiger partial charge in [-0.15, -0.1) is 0 Å². The zero-order valence-corrected chi connectivity index (χ0v) is 11.6. The normalized spacial score (nSPS) is 12.9. The van der Waals surface area contributed by atoms with E-state index in [9.17, 15) is 9.18 Å². The highest BCUT2D eigenvalue weighted by atomic mass is 35.5. The summed E-state index contributed by atoms with van der Waals surface area (Å²) in [7, 11) is 0. The lowest BCUT2D eigenvalue weighted by Gasteiger charge is -2.20. The number of halogens is 2. The quantitative estimate of drug-likeness (QED) is 0.923. The molecule has 1 aliphatic heterocycles. The summed E-state index contributed by atoms with van der Waals surface area (Å²) in [4.78, 5) is 12.1. The first-order chi connectivity index (χ1) is 10.1. The summed E-state index contributed by atoms with van der Waals surface area (Å²) in [6.45, 7) is 0.907. The molecular weight excluding hydrogens is 297 g/mol. The van der Waals surface area contributed by atoms with Crippen molar-refractivity contribution in [2.24, 2.45) is 0 Å². The third-order valence-corrected chi connectivity index (χ3v) is 3.30. The molecule has 1 amide bonds. The van der Waals surface area contributed by atoms with Gasteiger partial charge < -0.3 is 14.8 Å². The van der Waals surface area contributed by atoms with E-state index in [0.29, 0.717) is 41.0 Å². The van der Waals surface area contributed by atoms with E-state index in [1.165, 1.54) is 24.3 Å². The average Bonchev–Trinajstić information content (AvgIpc) is 2.48. The Morgan fingerprint density at radius 2 is 1.71 bits per heavy atom. The second-order valence-corrected chi connectivity index (χ2v) is 4.84. The maximum atomic E-state index is 12.8. The van der Waals surface area contributed by atoms with E-state index in [1.54, 1.807) is 12.1 Å². The van der Waals surface area contributed by atoms with Gasteiger partial charge in [0.15, 0.2) is 11.5 Å². The fourth-order valence-electron chi connectivity index (χ4n) is 1.96. The highest BCUT2D eigenvalue weighted by Crippen LogP contribution is 2.38. The number of anilines is 1. The van der Waals surface area contributed by atoms with Gasteiger partial charge in [-0.05, 0) is 24.3 Å². The summed E-state index contributed by atoms with van der Waals surface area (Å²) in [5.74, 6) is 0.295. The smallest absolute Gasteiger partial charge is 0.255 e. The number of nitrogens with one attached hydrogen (secondary N) is 1. The van der Waals surface area contributed by atoms with E-state index in [2.05, 4.69) is 5.32 Å². The largest absolute Gasteiger partial charge is 0.486 e. The van der Waals surface area contributed by atoms with Gasteiger partial charge in [-0.3, -0.25) is 4.79 Å². The summed E-state index contributed by atoms with van der Waals surface area (Å²) in [6, 6.07) is 8.45. The number of amides is 1. The fraction of sp³-hybridized carbons (Fsp3) is 0.133. The third-order valence-electron chi connectivity index (χ3n) is 2.99. The number of carbonyl (C=O) groups is 1. The van der Waals surface area contributed by atoms with E-state index in [4.69, 9.17) is 21.1 Å². The van der Waals surface area contributed by atoms with Crippen LogP contribution in [0.4, 0.5) is 10.1 Å². The maximum Gasteiger partial charge on any atom is 0.255 e. The second kappa shape index (κ2) is 5.61. The molecule has 1 heterocycles. The predicted octanol–water partition coefficient (Wildman–Crippen LogP) is 3.50. The van der Waals surface area contributed by atoms with Crippen LogP contribution in [-0.2, 0) is 0 Å². The molecule has 1 aliphatic rings. The molecule has 2 aromatic rings. The molecule has 0 saturated carbocycles. The van der Waals surface area contributed by atoms with E-state index < -0.39 is 5.82 Å². The number of hydrogen-bond acceptors (Lipinski definition) is 3. The van der Waals surface area contributed by atoms with Crippen molar-refractivity contribution in [3.05, 3.63) is 52.8 Å². The summed E-state index contributed by atoms with van der Waals surface area (Å²) >= 11 is 6.11. The molecule has 4 nitrogen and oxygen atoms in total. The highest BCUT2D eigenvalue weighted by Gasteiger charge is 2.16. The molecule has 21 heavy (non-hydrogen) atoms.